The van der Waals surface area contributed by atoms with Gasteiger partial charge in [-0.3, -0.25) is 0 Å². The van der Waals surface area contributed by atoms with E-state index in [4.69, 9.17) is 10.5 Å². The lowest BCUT2D eigenvalue weighted by Gasteiger charge is -2.21. The van der Waals surface area contributed by atoms with Crippen molar-refractivity contribution in [3.63, 3.8) is 0 Å². The Bertz CT molecular complexity index is 690. The minimum absolute atomic E-state index is 0.0165. The van der Waals surface area contributed by atoms with Gasteiger partial charge in [-0.05, 0) is 43.7 Å². The summed E-state index contributed by atoms with van der Waals surface area (Å²) >= 11 is 0. The fourth-order valence-electron chi connectivity index (χ4n) is 2.92. The molecular weight excluding hydrogens is 292 g/mol. The summed E-state index contributed by atoms with van der Waals surface area (Å²) in [6, 6.07) is 7.99. The first-order valence-corrected chi connectivity index (χ1v) is 8.09. The number of aromatic nitrogens is 3. The summed E-state index contributed by atoms with van der Waals surface area (Å²) in [5.74, 6) is -0.209. The Balaban J connectivity index is 1.71. The van der Waals surface area contributed by atoms with Gasteiger partial charge in [0.05, 0.1) is 6.54 Å². The number of nitrogen functional groups attached to an aromatic ring is 1. The number of rotatable bonds is 4. The summed E-state index contributed by atoms with van der Waals surface area (Å²) in [5.41, 5.74) is 8.40. The highest BCUT2D eigenvalue weighted by Crippen LogP contribution is 2.22. The number of hydrogen-bond donors (Lipinski definition) is 1. The van der Waals surface area contributed by atoms with Crippen molar-refractivity contribution in [3.05, 3.63) is 41.1 Å². The molecule has 0 amide bonds. The SMILES string of the molecule is Cc1ccccc1Cn1nnc(C(=O)OC2CCCCC2)c1N. The van der Waals surface area contributed by atoms with Gasteiger partial charge >= 0.3 is 5.97 Å². The third-order valence-corrected chi connectivity index (χ3v) is 4.37. The first kappa shape index (κ1) is 15.5. The van der Waals surface area contributed by atoms with E-state index in [0.717, 1.165) is 36.8 Å². The van der Waals surface area contributed by atoms with Crippen molar-refractivity contribution in [1.82, 2.24) is 15.0 Å². The number of anilines is 1. The van der Waals surface area contributed by atoms with Crippen molar-refractivity contribution in [2.75, 3.05) is 5.73 Å². The van der Waals surface area contributed by atoms with Gasteiger partial charge in [0.15, 0.2) is 5.82 Å². The molecule has 1 aromatic heterocycles. The van der Waals surface area contributed by atoms with Crippen LogP contribution >= 0.6 is 0 Å². The van der Waals surface area contributed by atoms with Gasteiger partial charge in [0.25, 0.3) is 0 Å². The summed E-state index contributed by atoms with van der Waals surface area (Å²) < 4.78 is 7.05. The number of carbonyl (C=O) groups excluding carboxylic acids is 1. The molecule has 2 aromatic rings. The first-order valence-electron chi connectivity index (χ1n) is 8.09. The molecule has 1 aliphatic carbocycles. The second-order valence-electron chi connectivity index (χ2n) is 6.07. The predicted octanol–water partition coefficient (Wildman–Crippen LogP) is 2.71. The molecule has 122 valence electrons. The molecule has 1 heterocycles. The molecule has 0 aliphatic heterocycles. The second kappa shape index (κ2) is 6.81. The van der Waals surface area contributed by atoms with E-state index in [-0.39, 0.29) is 17.6 Å². The van der Waals surface area contributed by atoms with Gasteiger partial charge < -0.3 is 10.5 Å². The Morgan fingerprint density at radius 3 is 2.78 bits per heavy atom. The highest BCUT2D eigenvalue weighted by Gasteiger charge is 2.24. The number of aryl methyl sites for hydroxylation is 1. The van der Waals surface area contributed by atoms with Gasteiger partial charge in [-0.25, -0.2) is 9.48 Å². The van der Waals surface area contributed by atoms with E-state index < -0.39 is 5.97 Å². The summed E-state index contributed by atoms with van der Waals surface area (Å²) in [6.07, 6.45) is 5.24. The van der Waals surface area contributed by atoms with Crippen molar-refractivity contribution < 1.29 is 9.53 Å². The van der Waals surface area contributed by atoms with Crippen LogP contribution < -0.4 is 5.73 Å². The fraction of sp³-hybridized carbons (Fsp3) is 0.471. The molecule has 0 atom stereocenters. The second-order valence-corrected chi connectivity index (χ2v) is 6.07. The Kier molecular flexibility index (Phi) is 4.60. The summed E-state index contributed by atoms with van der Waals surface area (Å²) in [4.78, 5) is 12.2. The van der Waals surface area contributed by atoms with Crippen LogP contribution in [0, 0.1) is 6.92 Å². The molecule has 2 N–H and O–H groups in total. The van der Waals surface area contributed by atoms with Gasteiger partial charge in [0.2, 0.25) is 5.69 Å². The monoisotopic (exact) mass is 314 g/mol. The molecule has 6 heteroatoms. The highest BCUT2D eigenvalue weighted by atomic mass is 16.5. The summed E-state index contributed by atoms with van der Waals surface area (Å²) in [7, 11) is 0. The van der Waals surface area contributed by atoms with E-state index in [1.165, 1.54) is 6.42 Å². The maximum atomic E-state index is 12.2. The van der Waals surface area contributed by atoms with E-state index in [9.17, 15) is 4.79 Å². The average molecular weight is 314 g/mol. The number of esters is 1. The Morgan fingerprint density at radius 1 is 1.30 bits per heavy atom. The van der Waals surface area contributed by atoms with Crippen molar-refractivity contribution >= 4 is 11.8 Å². The molecule has 23 heavy (non-hydrogen) atoms. The maximum absolute atomic E-state index is 12.2. The zero-order chi connectivity index (χ0) is 16.2. The lowest BCUT2D eigenvalue weighted by Crippen LogP contribution is -2.22. The number of nitrogens with two attached hydrogens (primary N) is 1. The Labute approximate surface area is 135 Å². The number of ether oxygens (including phenoxy) is 1. The Morgan fingerprint density at radius 2 is 2.04 bits per heavy atom. The van der Waals surface area contributed by atoms with E-state index in [1.807, 2.05) is 31.2 Å². The van der Waals surface area contributed by atoms with Gasteiger partial charge in [0.1, 0.15) is 6.10 Å². The molecule has 1 aromatic carbocycles. The van der Waals surface area contributed by atoms with Crippen LogP contribution in [0.4, 0.5) is 5.82 Å². The molecule has 0 spiro atoms. The fourth-order valence-corrected chi connectivity index (χ4v) is 2.92. The van der Waals surface area contributed by atoms with Crippen LogP contribution in [-0.4, -0.2) is 27.1 Å². The molecule has 0 bridgehead atoms. The largest absolute Gasteiger partial charge is 0.458 e. The first-order chi connectivity index (χ1) is 11.1. The minimum Gasteiger partial charge on any atom is -0.458 e. The van der Waals surface area contributed by atoms with Crippen LogP contribution in [0.15, 0.2) is 24.3 Å². The predicted molar refractivity (Wildman–Crippen MR) is 87.0 cm³/mol. The maximum Gasteiger partial charge on any atom is 0.363 e. The van der Waals surface area contributed by atoms with Gasteiger partial charge in [0, 0.05) is 0 Å². The van der Waals surface area contributed by atoms with Crippen LogP contribution in [0.25, 0.3) is 0 Å². The summed E-state index contributed by atoms with van der Waals surface area (Å²) in [5, 5.41) is 7.93. The van der Waals surface area contributed by atoms with Gasteiger partial charge in [-0.2, -0.15) is 0 Å². The molecule has 1 saturated carbocycles. The Hall–Kier alpha value is -2.37. The van der Waals surface area contributed by atoms with Crippen LogP contribution in [-0.2, 0) is 11.3 Å². The molecular formula is C17H22N4O2. The van der Waals surface area contributed by atoms with E-state index >= 15 is 0 Å². The zero-order valence-electron chi connectivity index (χ0n) is 13.4. The quantitative estimate of drug-likeness (QED) is 0.877. The standard InChI is InChI=1S/C17H22N4O2/c1-12-7-5-6-8-13(12)11-21-16(18)15(19-20-21)17(22)23-14-9-3-2-4-10-14/h5-8,14H,2-4,9-11,18H2,1H3. The topological polar surface area (TPSA) is 83.0 Å². The molecule has 0 unspecified atom stereocenters. The third kappa shape index (κ3) is 3.52. The normalized spacial score (nSPS) is 15.5. The number of carbonyl (C=O) groups is 1. The minimum atomic E-state index is -0.467. The van der Waals surface area contributed by atoms with Crippen LogP contribution in [0.5, 0.6) is 0 Å². The molecule has 3 rings (SSSR count). The molecule has 0 saturated heterocycles. The van der Waals surface area contributed by atoms with E-state index in [0.29, 0.717) is 6.54 Å². The van der Waals surface area contributed by atoms with Crippen LogP contribution in [0.2, 0.25) is 0 Å². The van der Waals surface area contributed by atoms with Crippen molar-refractivity contribution in [1.29, 1.82) is 0 Å². The van der Waals surface area contributed by atoms with Crippen LogP contribution in [0.1, 0.15) is 53.7 Å². The molecule has 6 nitrogen and oxygen atoms in total. The van der Waals surface area contributed by atoms with Gasteiger partial charge in [-0.15, -0.1) is 5.10 Å². The van der Waals surface area contributed by atoms with E-state index in [1.54, 1.807) is 4.68 Å². The van der Waals surface area contributed by atoms with Gasteiger partial charge in [-0.1, -0.05) is 35.9 Å². The average Bonchev–Trinajstić information content (AvgIpc) is 2.92. The number of hydrogen-bond acceptors (Lipinski definition) is 5. The number of nitrogens with zero attached hydrogens (tertiary/aromatic N) is 3. The van der Waals surface area contributed by atoms with Crippen LogP contribution in [0.3, 0.4) is 0 Å². The van der Waals surface area contributed by atoms with Crippen molar-refractivity contribution in [2.24, 2.45) is 0 Å². The molecule has 0 radical (unpaired) electrons. The lowest BCUT2D eigenvalue weighted by atomic mass is 9.98. The third-order valence-electron chi connectivity index (χ3n) is 4.37. The zero-order valence-corrected chi connectivity index (χ0v) is 13.4. The number of benzene rings is 1. The summed E-state index contributed by atoms with van der Waals surface area (Å²) in [6.45, 7) is 2.52. The molecule has 1 fully saturated rings. The van der Waals surface area contributed by atoms with Crippen molar-refractivity contribution in [3.8, 4) is 0 Å². The highest BCUT2D eigenvalue weighted by molar-refractivity contribution is 5.91. The van der Waals surface area contributed by atoms with E-state index in [2.05, 4.69) is 10.3 Å². The molecule has 1 aliphatic rings. The smallest absolute Gasteiger partial charge is 0.363 e. The van der Waals surface area contributed by atoms with Crippen molar-refractivity contribution in [2.45, 2.75) is 51.7 Å². The lowest BCUT2D eigenvalue weighted by molar-refractivity contribution is 0.0205.